The molecule has 0 amide bonds. The molecular formula is C6H8O4. The number of hydrogen-bond acceptors (Lipinski definition) is 3. The van der Waals surface area contributed by atoms with Gasteiger partial charge in [0.05, 0.1) is 12.5 Å². The molecule has 0 aromatic heterocycles. The molecule has 0 saturated heterocycles. The Morgan fingerprint density at radius 2 is 2.20 bits per heavy atom. The predicted octanol–water partition coefficient (Wildman–Crippen LogP) is -0.454. The molecule has 0 aliphatic carbocycles. The van der Waals surface area contributed by atoms with Crippen molar-refractivity contribution in [1.82, 2.24) is 0 Å². The third-order valence-corrected chi connectivity index (χ3v) is 0.827. The zero-order chi connectivity index (χ0) is 7.98. The first-order valence-corrected chi connectivity index (χ1v) is 2.68. The third kappa shape index (κ3) is 4.94. The zero-order valence-corrected chi connectivity index (χ0v) is 5.24. The summed E-state index contributed by atoms with van der Waals surface area (Å²) >= 11 is 0. The van der Waals surface area contributed by atoms with Crippen molar-refractivity contribution in [3.8, 4) is 12.0 Å². The first-order chi connectivity index (χ1) is 4.66. The summed E-state index contributed by atoms with van der Waals surface area (Å²) in [5.74, 6) is 1.07. The van der Waals surface area contributed by atoms with Crippen LogP contribution in [0.3, 0.4) is 0 Å². The Hall–Kier alpha value is -1.21. The molecule has 4 heteroatoms. The van der Waals surface area contributed by atoms with E-state index in [9.17, 15) is 4.79 Å². The van der Waals surface area contributed by atoms with E-state index in [4.69, 9.17) is 15.3 Å². The van der Waals surface area contributed by atoms with Gasteiger partial charge in [-0.15, -0.1) is 0 Å². The lowest BCUT2D eigenvalue weighted by Crippen LogP contribution is -2.11. The van der Waals surface area contributed by atoms with Crippen LogP contribution < -0.4 is 0 Å². The number of aliphatic hydroxyl groups excluding tert-OH is 2. The van der Waals surface area contributed by atoms with Gasteiger partial charge in [-0.25, -0.2) is 0 Å². The van der Waals surface area contributed by atoms with E-state index in [0.29, 0.717) is 0 Å². The van der Waals surface area contributed by atoms with Gasteiger partial charge in [0, 0.05) is 6.42 Å². The van der Waals surface area contributed by atoms with E-state index in [1.807, 2.05) is 0 Å². The molecular weight excluding hydrogens is 136 g/mol. The molecule has 0 aromatic carbocycles. The Morgan fingerprint density at radius 3 is 2.60 bits per heavy atom. The second-order valence-corrected chi connectivity index (χ2v) is 1.74. The maximum atomic E-state index is 9.90. The summed E-state index contributed by atoms with van der Waals surface area (Å²) in [6, 6.07) is 0. The van der Waals surface area contributed by atoms with Crippen molar-refractivity contribution in [1.29, 1.82) is 0 Å². The van der Waals surface area contributed by atoms with Crippen molar-refractivity contribution >= 4 is 5.97 Å². The standard InChI is InChI=1S/C6H8O4/c7-3-1-2-5(8)4-6(9)10/h5,7-8H,2,4H2,(H,9,10). The predicted molar refractivity (Wildman–Crippen MR) is 32.6 cm³/mol. The average Bonchev–Trinajstić information content (AvgIpc) is 1.82. The van der Waals surface area contributed by atoms with Crippen LogP contribution >= 0.6 is 0 Å². The highest BCUT2D eigenvalue weighted by molar-refractivity contribution is 5.67. The number of aliphatic hydroxyl groups is 2. The lowest BCUT2D eigenvalue weighted by Gasteiger charge is -1.99. The van der Waals surface area contributed by atoms with Crippen LogP contribution in [0.25, 0.3) is 0 Å². The minimum absolute atomic E-state index is 0.0111. The highest BCUT2D eigenvalue weighted by Crippen LogP contribution is 1.95. The van der Waals surface area contributed by atoms with Gasteiger partial charge < -0.3 is 15.3 Å². The van der Waals surface area contributed by atoms with Crippen LogP contribution in [0.2, 0.25) is 0 Å². The van der Waals surface area contributed by atoms with E-state index in [-0.39, 0.29) is 12.8 Å². The van der Waals surface area contributed by atoms with E-state index < -0.39 is 12.1 Å². The van der Waals surface area contributed by atoms with Gasteiger partial charge >= 0.3 is 5.97 Å². The highest BCUT2D eigenvalue weighted by atomic mass is 16.4. The molecule has 4 nitrogen and oxygen atoms in total. The second-order valence-electron chi connectivity index (χ2n) is 1.74. The molecule has 0 radical (unpaired) electrons. The number of hydrogen-bond donors (Lipinski definition) is 3. The third-order valence-electron chi connectivity index (χ3n) is 0.827. The number of carboxylic acids is 1. The van der Waals surface area contributed by atoms with Gasteiger partial charge in [-0.05, 0) is 0 Å². The topological polar surface area (TPSA) is 77.8 Å². The molecule has 0 aromatic rings. The van der Waals surface area contributed by atoms with Gasteiger partial charge in [-0.1, -0.05) is 5.92 Å². The molecule has 0 saturated carbocycles. The number of aliphatic carboxylic acids is 1. The van der Waals surface area contributed by atoms with Crippen molar-refractivity contribution in [2.45, 2.75) is 18.9 Å². The number of rotatable bonds is 3. The van der Waals surface area contributed by atoms with Crippen molar-refractivity contribution in [3.05, 3.63) is 0 Å². The molecule has 0 spiro atoms. The van der Waals surface area contributed by atoms with Crippen molar-refractivity contribution in [2.24, 2.45) is 0 Å². The average molecular weight is 144 g/mol. The van der Waals surface area contributed by atoms with Crippen LogP contribution in [0.1, 0.15) is 12.8 Å². The van der Waals surface area contributed by atoms with E-state index in [0.717, 1.165) is 0 Å². The smallest absolute Gasteiger partial charge is 0.306 e. The molecule has 0 aliphatic heterocycles. The summed E-state index contributed by atoms with van der Waals surface area (Å²) in [4.78, 5) is 9.90. The molecule has 1 atom stereocenters. The lowest BCUT2D eigenvalue weighted by atomic mass is 10.2. The SMILES string of the molecule is O=C(O)CC(O)CC#CO. The van der Waals surface area contributed by atoms with Crippen LogP contribution in [0.4, 0.5) is 0 Å². The Morgan fingerprint density at radius 1 is 1.60 bits per heavy atom. The zero-order valence-electron chi connectivity index (χ0n) is 5.24. The largest absolute Gasteiger partial charge is 0.481 e. The van der Waals surface area contributed by atoms with Crippen LogP contribution in [0.15, 0.2) is 0 Å². The molecule has 0 fully saturated rings. The molecule has 10 heavy (non-hydrogen) atoms. The van der Waals surface area contributed by atoms with Gasteiger partial charge in [0.25, 0.3) is 0 Å². The molecule has 0 aliphatic rings. The van der Waals surface area contributed by atoms with E-state index >= 15 is 0 Å². The van der Waals surface area contributed by atoms with Crippen molar-refractivity contribution < 1.29 is 20.1 Å². The quantitative estimate of drug-likeness (QED) is 0.468. The van der Waals surface area contributed by atoms with Crippen LogP contribution in [-0.4, -0.2) is 27.4 Å². The van der Waals surface area contributed by atoms with Gasteiger partial charge in [0.15, 0.2) is 0 Å². The van der Waals surface area contributed by atoms with E-state index in [1.165, 1.54) is 0 Å². The maximum absolute atomic E-state index is 9.90. The lowest BCUT2D eigenvalue weighted by molar-refractivity contribution is -0.139. The molecule has 0 rings (SSSR count). The molecule has 3 N–H and O–H groups in total. The van der Waals surface area contributed by atoms with E-state index in [2.05, 4.69) is 5.92 Å². The Labute approximate surface area is 58.1 Å². The fourth-order valence-electron chi connectivity index (χ4n) is 0.437. The van der Waals surface area contributed by atoms with Gasteiger partial charge in [0.2, 0.25) is 0 Å². The fraction of sp³-hybridized carbons (Fsp3) is 0.500. The first kappa shape index (κ1) is 8.79. The van der Waals surface area contributed by atoms with E-state index in [1.54, 1.807) is 6.11 Å². The summed E-state index contributed by atoms with van der Waals surface area (Å²) in [6.45, 7) is 0. The Kier molecular flexibility index (Phi) is 4.09. The monoisotopic (exact) mass is 144 g/mol. The Balaban J connectivity index is 3.50. The minimum atomic E-state index is -1.08. The molecule has 0 heterocycles. The summed E-state index contributed by atoms with van der Waals surface area (Å²) < 4.78 is 0. The van der Waals surface area contributed by atoms with Crippen LogP contribution in [0.5, 0.6) is 0 Å². The highest BCUT2D eigenvalue weighted by Gasteiger charge is 2.06. The second kappa shape index (κ2) is 4.65. The first-order valence-electron chi connectivity index (χ1n) is 2.68. The summed E-state index contributed by atoms with van der Waals surface area (Å²) in [5.41, 5.74) is 0. The van der Waals surface area contributed by atoms with Crippen molar-refractivity contribution in [2.75, 3.05) is 0 Å². The fourth-order valence-corrected chi connectivity index (χ4v) is 0.437. The van der Waals surface area contributed by atoms with Crippen molar-refractivity contribution in [3.63, 3.8) is 0 Å². The van der Waals surface area contributed by atoms with Crippen LogP contribution in [-0.2, 0) is 4.79 Å². The van der Waals surface area contributed by atoms with Gasteiger partial charge in [-0.3, -0.25) is 4.79 Å². The molecule has 56 valence electrons. The number of carboxylic acid groups (broad SMARTS) is 1. The minimum Gasteiger partial charge on any atom is -0.481 e. The molecule has 1 unspecified atom stereocenters. The summed E-state index contributed by atoms with van der Waals surface area (Å²) in [6.07, 6.45) is 0.230. The summed E-state index contributed by atoms with van der Waals surface area (Å²) in [5, 5.41) is 24.8. The maximum Gasteiger partial charge on any atom is 0.306 e. The normalized spacial score (nSPS) is 11.3. The van der Waals surface area contributed by atoms with Gasteiger partial charge in [-0.2, -0.15) is 0 Å². The van der Waals surface area contributed by atoms with Gasteiger partial charge in [0.1, 0.15) is 6.11 Å². The van der Waals surface area contributed by atoms with Crippen LogP contribution in [0, 0.1) is 12.0 Å². The Bertz CT molecular complexity index is 164. The molecule has 0 bridgehead atoms. The number of carbonyl (C=O) groups is 1. The summed E-state index contributed by atoms with van der Waals surface area (Å²) in [7, 11) is 0.